The number of piperazine rings is 1. The van der Waals surface area contributed by atoms with Crippen LogP contribution >= 0.6 is 0 Å². The first kappa shape index (κ1) is 15.7. The molecule has 1 aromatic heterocycles. The Labute approximate surface area is 125 Å². The molecule has 1 fully saturated rings. The Bertz CT molecular complexity index is 471. The summed E-state index contributed by atoms with van der Waals surface area (Å²) in [6, 6.07) is 3.50. The molecular weight excluding hydrogens is 270 g/mol. The van der Waals surface area contributed by atoms with Gasteiger partial charge in [0.05, 0.1) is 12.7 Å². The molecule has 2 rings (SSSR count). The van der Waals surface area contributed by atoms with E-state index < -0.39 is 0 Å². The molecule has 0 aromatic carbocycles. The van der Waals surface area contributed by atoms with Gasteiger partial charge >= 0.3 is 5.97 Å². The maximum Gasteiger partial charge on any atom is 0.341 e. The molecule has 6 heteroatoms. The summed E-state index contributed by atoms with van der Waals surface area (Å²) in [7, 11) is 0. The van der Waals surface area contributed by atoms with E-state index in [1.807, 2.05) is 0 Å². The first-order valence-corrected chi connectivity index (χ1v) is 7.39. The largest absolute Gasteiger partial charge is 0.462 e. The number of ether oxygens (including phenoxy) is 1. The molecule has 1 aliphatic rings. The molecule has 2 heterocycles. The lowest BCUT2D eigenvalue weighted by molar-refractivity contribution is 0.0526. The summed E-state index contributed by atoms with van der Waals surface area (Å²) in [4.78, 5) is 20.7. The van der Waals surface area contributed by atoms with Crippen molar-refractivity contribution in [1.82, 2.24) is 9.88 Å². The van der Waals surface area contributed by atoms with Gasteiger partial charge in [0, 0.05) is 38.9 Å². The van der Waals surface area contributed by atoms with Gasteiger partial charge in [0.2, 0.25) is 0 Å². The van der Waals surface area contributed by atoms with E-state index in [9.17, 15) is 9.90 Å². The topological polar surface area (TPSA) is 65.9 Å². The number of esters is 1. The molecule has 1 atom stereocenters. The number of hydrogen-bond acceptors (Lipinski definition) is 6. The van der Waals surface area contributed by atoms with Crippen LogP contribution in [0.25, 0.3) is 0 Å². The van der Waals surface area contributed by atoms with E-state index in [1.165, 1.54) is 0 Å². The highest BCUT2D eigenvalue weighted by atomic mass is 16.5. The molecule has 0 unspecified atom stereocenters. The Kier molecular flexibility index (Phi) is 5.52. The molecule has 21 heavy (non-hydrogen) atoms. The average molecular weight is 293 g/mol. The van der Waals surface area contributed by atoms with Crippen molar-refractivity contribution in [3.05, 3.63) is 23.9 Å². The molecule has 1 aliphatic heterocycles. The number of pyridine rings is 1. The second-order valence-corrected chi connectivity index (χ2v) is 5.23. The molecule has 0 saturated carbocycles. The third-order valence-electron chi connectivity index (χ3n) is 3.48. The highest BCUT2D eigenvalue weighted by Crippen LogP contribution is 2.20. The van der Waals surface area contributed by atoms with Gasteiger partial charge in [-0.15, -0.1) is 0 Å². The molecule has 0 spiro atoms. The number of hydrogen-bond donors (Lipinski definition) is 1. The Hall–Kier alpha value is -1.66. The molecule has 0 radical (unpaired) electrons. The summed E-state index contributed by atoms with van der Waals surface area (Å²) in [6.45, 7) is 7.91. The van der Waals surface area contributed by atoms with Crippen LogP contribution in [0.5, 0.6) is 0 Å². The number of aliphatic hydroxyl groups excluding tert-OH is 1. The van der Waals surface area contributed by atoms with Crippen LogP contribution in [0.2, 0.25) is 0 Å². The number of nitrogens with zero attached hydrogens (tertiary/aromatic N) is 3. The molecule has 1 N–H and O–H groups in total. The lowest BCUT2D eigenvalue weighted by Crippen LogP contribution is -2.48. The molecule has 6 nitrogen and oxygen atoms in total. The minimum atomic E-state index is -0.327. The monoisotopic (exact) mass is 293 g/mol. The maximum atomic E-state index is 12.0. The van der Waals surface area contributed by atoms with Crippen LogP contribution in [0.3, 0.4) is 0 Å². The van der Waals surface area contributed by atoms with Crippen molar-refractivity contribution in [1.29, 1.82) is 0 Å². The van der Waals surface area contributed by atoms with Gasteiger partial charge in [0.1, 0.15) is 11.4 Å². The van der Waals surface area contributed by atoms with Crippen molar-refractivity contribution in [3.63, 3.8) is 0 Å². The van der Waals surface area contributed by atoms with Gasteiger partial charge in [-0.3, -0.25) is 4.90 Å². The summed E-state index contributed by atoms with van der Waals surface area (Å²) < 4.78 is 5.08. The van der Waals surface area contributed by atoms with Crippen molar-refractivity contribution < 1.29 is 14.6 Å². The predicted molar refractivity (Wildman–Crippen MR) is 80.5 cm³/mol. The van der Waals surface area contributed by atoms with Crippen LogP contribution in [-0.2, 0) is 4.74 Å². The fourth-order valence-electron chi connectivity index (χ4n) is 2.53. The second kappa shape index (κ2) is 7.38. The van der Waals surface area contributed by atoms with Crippen molar-refractivity contribution in [2.45, 2.75) is 20.0 Å². The van der Waals surface area contributed by atoms with Gasteiger partial charge in [-0.25, -0.2) is 9.78 Å². The molecule has 1 aromatic rings. The van der Waals surface area contributed by atoms with E-state index in [0.29, 0.717) is 24.5 Å². The average Bonchev–Trinajstić information content (AvgIpc) is 2.48. The second-order valence-electron chi connectivity index (χ2n) is 5.23. The van der Waals surface area contributed by atoms with Gasteiger partial charge in [-0.2, -0.15) is 0 Å². The first-order chi connectivity index (χ1) is 10.1. The summed E-state index contributed by atoms with van der Waals surface area (Å²) >= 11 is 0. The van der Waals surface area contributed by atoms with E-state index in [-0.39, 0.29) is 12.1 Å². The number of aliphatic hydroxyl groups is 1. The van der Waals surface area contributed by atoms with Gasteiger partial charge in [0.25, 0.3) is 0 Å². The zero-order valence-corrected chi connectivity index (χ0v) is 12.7. The lowest BCUT2D eigenvalue weighted by atomic mass is 10.2. The Morgan fingerprint density at radius 3 is 2.76 bits per heavy atom. The SMILES string of the molecule is CCOC(=O)c1cccnc1N1CCN(C[C@@H](C)O)CC1. The quantitative estimate of drug-likeness (QED) is 0.809. The highest BCUT2D eigenvalue weighted by molar-refractivity contribution is 5.94. The third kappa shape index (κ3) is 4.15. The zero-order valence-electron chi connectivity index (χ0n) is 12.7. The number of anilines is 1. The van der Waals surface area contributed by atoms with Crippen LogP contribution in [-0.4, -0.2) is 66.4 Å². The fraction of sp³-hybridized carbons (Fsp3) is 0.600. The predicted octanol–water partition coefficient (Wildman–Crippen LogP) is 0.761. The number of aromatic nitrogens is 1. The van der Waals surface area contributed by atoms with Crippen LogP contribution in [0.4, 0.5) is 5.82 Å². The minimum absolute atomic E-state index is 0.318. The number of carbonyl (C=O) groups is 1. The summed E-state index contributed by atoms with van der Waals surface area (Å²) in [5.74, 6) is 0.361. The van der Waals surface area contributed by atoms with Gasteiger partial charge < -0.3 is 14.7 Å². The summed E-state index contributed by atoms with van der Waals surface area (Å²) in [5, 5.41) is 9.43. The first-order valence-electron chi connectivity index (χ1n) is 7.39. The van der Waals surface area contributed by atoms with E-state index in [0.717, 1.165) is 26.2 Å². The van der Waals surface area contributed by atoms with E-state index in [1.54, 1.807) is 32.2 Å². The van der Waals surface area contributed by atoms with Crippen LogP contribution < -0.4 is 4.90 Å². The van der Waals surface area contributed by atoms with Gasteiger partial charge in [0.15, 0.2) is 0 Å². The van der Waals surface area contributed by atoms with Crippen LogP contribution in [0.1, 0.15) is 24.2 Å². The summed E-state index contributed by atoms with van der Waals surface area (Å²) in [5.41, 5.74) is 0.517. The number of carbonyl (C=O) groups excluding carboxylic acids is 1. The Balaban J connectivity index is 2.05. The third-order valence-corrected chi connectivity index (χ3v) is 3.48. The van der Waals surface area contributed by atoms with Crippen molar-refractivity contribution in [2.75, 3.05) is 44.2 Å². The molecule has 0 amide bonds. The number of β-amino-alcohol motifs (C(OH)–C–C–N with tert-alkyl or cyclic N) is 1. The van der Waals surface area contributed by atoms with Gasteiger partial charge in [-0.05, 0) is 26.0 Å². The normalized spacial score (nSPS) is 17.6. The highest BCUT2D eigenvalue weighted by Gasteiger charge is 2.23. The van der Waals surface area contributed by atoms with E-state index in [4.69, 9.17) is 4.74 Å². The molecule has 1 saturated heterocycles. The maximum absolute atomic E-state index is 12.0. The van der Waals surface area contributed by atoms with E-state index in [2.05, 4.69) is 14.8 Å². The van der Waals surface area contributed by atoms with Gasteiger partial charge in [-0.1, -0.05) is 0 Å². The van der Waals surface area contributed by atoms with Crippen LogP contribution in [0.15, 0.2) is 18.3 Å². The van der Waals surface area contributed by atoms with Crippen molar-refractivity contribution in [3.8, 4) is 0 Å². The number of rotatable bonds is 5. The fourth-order valence-corrected chi connectivity index (χ4v) is 2.53. The Morgan fingerprint density at radius 1 is 1.43 bits per heavy atom. The molecule has 0 aliphatic carbocycles. The molecule has 116 valence electrons. The Morgan fingerprint density at radius 2 is 2.14 bits per heavy atom. The standard InChI is InChI=1S/C15H23N3O3/c1-3-21-15(20)13-5-4-6-16-14(13)18-9-7-17(8-10-18)11-12(2)19/h4-6,12,19H,3,7-11H2,1-2H3/t12-/m1/s1. The minimum Gasteiger partial charge on any atom is -0.462 e. The zero-order chi connectivity index (χ0) is 15.2. The summed E-state index contributed by atoms with van der Waals surface area (Å²) in [6.07, 6.45) is 1.38. The molecule has 0 bridgehead atoms. The van der Waals surface area contributed by atoms with Crippen molar-refractivity contribution >= 4 is 11.8 Å². The van der Waals surface area contributed by atoms with Crippen LogP contribution in [0, 0.1) is 0 Å². The van der Waals surface area contributed by atoms with E-state index >= 15 is 0 Å². The molecular formula is C15H23N3O3. The van der Waals surface area contributed by atoms with Crippen molar-refractivity contribution in [2.24, 2.45) is 0 Å². The smallest absolute Gasteiger partial charge is 0.341 e. The lowest BCUT2D eigenvalue weighted by Gasteiger charge is -2.36.